The molecule has 1 spiro atoms. The average molecular weight is 286 g/mol. The van der Waals surface area contributed by atoms with Gasteiger partial charge in [-0.1, -0.05) is 37.1 Å². The fourth-order valence-corrected chi connectivity index (χ4v) is 3.93. The Morgan fingerprint density at radius 3 is 2.48 bits per heavy atom. The Hall–Kier alpha value is -1.31. The lowest BCUT2D eigenvalue weighted by molar-refractivity contribution is -0.168. The number of hydrogen-bond acceptors (Lipinski definition) is 2. The summed E-state index contributed by atoms with van der Waals surface area (Å²) in [5, 5.41) is 0. The first-order valence-electron chi connectivity index (χ1n) is 8.21. The molecule has 0 saturated heterocycles. The number of rotatable bonds is 1. The molecule has 0 heterocycles. The molecular formula is C19H26O2. The Morgan fingerprint density at radius 1 is 1.14 bits per heavy atom. The third kappa shape index (κ3) is 2.61. The second kappa shape index (κ2) is 5.15. The Balaban J connectivity index is 1.97. The molecule has 0 N–H and O–H groups in total. The highest BCUT2D eigenvalue weighted by Gasteiger charge is 2.47. The van der Waals surface area contributed by atoms with Crippen LogP contribution in [0.15, 0.2) is 24.3 Å². The smallest absolute Gasteiger partial charge is 0.311 e. The van der Waals surface area contributed by atoms with Crippen LogP contribution in [0.3, 0.4) is 0 Å². The van der Waals surface area contributed by atoms with Crippen LogP contribution in [-0.2, 0) is 16.0 Å². The molecule has 114 valence electrons. The van der Waals surface area contributed by atoms with E-state index < -0.39 is 5.41 Å². The summed E-state index contributed by atoms with van der Waals surface area (Å²) in [7, 11) is 0. The van der Waals surface area contributed by atoms with E-state index in [0.717, 1.165) is 12.8 Å². The van der Waals surface area contributed by atoms with E-state index >= 15 is 0 Å². The molecule has 1 atom stereocenters. The zero-order valence-corrected chi connectivity index (χ0v) is 13.4. The summed E-state index contributed by atoms with van der Waals surface area (Å²) in [6, 6.07) is 8.52. The number of esters is 1. The van der Waals surface area contributed by atoms with E-state index in [-0.39, 0.29) is 17.5 Å². The third-order valence-corrected chi connectivity index (χ3v) is 5.22. The molecule has 1 aromatic rings. The Kier molecular flexibility index (Phi) is 3.59. The molecule has 2 aliphatic carbocycles. The quantitative estimate of drug-likeness (QED) is 0.692. The molecule has 3 rings (SSSR count). The maximum Gasteiger partial charge on any atom is 0.311 e. The summed E-state index contributed by atoms with van der Waals surface area (Å²) < 4.78 is 6.08. The zero-order chi connectivity index (χ0) is 15.1. The average Bonchev–Trinajstić information content (AvgIpc) is 2.90. The van der Waals surface area contributed by atoms with Gasteiger partial charge in [-0.25, -0.2) is 0 Å². The molecule has 2 aliphatic rings. The van der Waals surface area contributed by atoms with Crippen LogP contribution in [0.2, 0.25) is 0 Å². The third-order valence-electron chi connectivity index (χ3n) is 5.22. The first-order valence-corrected chi connectivity index (χ1v) is 8.21. The Labute approximate surface area is 127 Å². The van der Waals surface area contributed by atoms with Gasteiger partial charge in [0.25, 0.3) is 0 Å². The minimum Gasteiger partial charge on any atom is -0.456 e. The predicted octanol–water partition coefficient (Wildman–Crippen LogP) is 4.82. The van der Waals surface area contributed by atoms with Crippen LogP contribution in [-0.4, -0.2) is 5.97 Å². The molecule has 0 aromatic heterocycles. The summed E-state index contributed by atoms with van der Waals surface area (Å²) in [6.07, 6.45) is 7.17. The summed E-state index contributed by atoms with van der Waals surface area (Å²) in [6.45, 7) is 5.81. The fourth-order valence-electron chi connectivity index (χ4n) is 3.93. The van der Waals surface area contributed by atoms with E-state index in [0.29, 0.717) is 0 Å². The standard InChI is InChI=1S/C19H26O2/c1-18(2,3)17(20)21-16-15-9-5-4-8-14(15)10-13-19(16)11-6-7-12-19/h4-5,8-9,16H,6-7,10-13H2,1-3H3. The number of benzene rings is 1. The largest absolute Gasteiger partial charge is 0.456 e. The van der Waals surface area contributed by atoms with E-state index in [1.807, 2.05) is 20.8 Å². The van der Waals surface area contributed by atoms with E-state index in [9.17, 15) is 4.79 Å². The van der Waals surface area contributed by atoms with Crippen molar-refractivity contribution < 1.29 is 9.53 Å². The van der Waals surface area contributed by atoms with Crippen molar-refractivity contribution in [3.63, 3.8) is 0 Å². The van der Waals surface area contributed by atoms with Crippen LogP contribution >= 0.6 is 0 Å². The van der Waals surface area contributed by atoms with Crippen LogP contribution in [0.4, 0.5) is 0 Å². The molecule has 1 fully saturated rings. The molecule has 21 heavy (non-hydrogen) atoms. The van der Waals surface area contributed by atoms with Crippen molar-refractivity contribution >= 4 is 5.97 Å². The minimum absolute atomic E-state index is 0.0447. The van der Waals surface area contributed by atoms with Gasteiger partial charge in [-0.05, 0) is 57.6 Å². The molecule has 0 bridgehead atoms. The van der Waals surface area contributed by atoms with E-state index in [1.165, 1.54) is 36.8 Å². The van der Waals surface area contributed by atoms with E-state index in [1.54, 1.807) is 0 Å². The molecule has 2 nitrogen and oxygen atoms in total. The van der Waals surface area contributed by atoms with E-state index in [4.69, 9.17) is 4.74 Å². The van der Waals surface area contributed by atoms with Gasteiger partial charge in [-0.2, -0.15) is 0 Å². The molecule has 1 aromatic carbocycles. The van der Waals surface area contributed by atoms with Crippen LogP contribution in [0.1, 0.15) is 70.1 Å². The molecular weight excluding hydrogens is 260 g/mol. The second-order valence-electron chi connectivity index (χ2n) is 7.80. The molecule has 2 heteroatoms. The highest BCUT2D eigenvalue weighted by Crippen LogP contribution is 2.56. The highest BCUT2D eigenvalue weighted by atomic mass is 16.5. The van der Waals surface area contributed by atoms with E-state index in [2.05, 4.69) is 24.3 Å². The van der Waals surface area contributed by atoms with Crippen molar-refractivity contribution in [2.75, 3.05) is 0 Å². The lowest BCUT2D eigenvalue weighted by Gasteiger charge is -2.42. The Bertz CT molecular complexity index is 533. The van der Waals surface area contributed by atoms with Crippen LogP contribution in [0.25, 0.3) is 0 Å². The number of hydrogen-bond donors (Lipinski definition) is 0. The monoisotopic (exact) mass is 286 g/mol. The van der Waals surface area contributed by atoms with Crippen molar-refractivity contribution in [1.29, 1.82) is 0 Å². The van der Waals surface area contributed by atoms with Gasteiger partial charge in [-0.15, -0.1) is 0 Å². The molecule has 0 aliphatic heterocycles. The summed E-state index contributed by atoms with van der Waals surface area (Å²) in [5.41, 5.74) is 2.37. The zero-order valence-electron chi connectivity index (χ0n) is 13.4. The maximum atomic E-state index is 12.5. The molecule has 1 saturated carbocycles. The molecule has 0 radical (unpaired) electrons. The van der Waals surface area contributed by atoms with Gasteiger partial charge in [0.15, 0.2) is 0 Å². The van der Waals surface area contributed by atoms with Crippen molar-refractivity contribution in [2.24, 2.45) is 10.8 Å². The Morgan fingerprint density at radius 2 is 1.81 bits per heavy atom. The van der Waals surface area contributed by atoms with Crippen molar-refractivity contribution in [2.45, 2.75) is 65.4 Å². The highest BCUT2D eigenvalue weighted by molar-refractivity contribution is 5.75. The van der Waals surface area contributed by atoms with Crippen molar-refractivity contribution in [1.82, 2.24) is 0 Å². The van der Waals surface area contributed by atoms with Gasteiger partial charge in [-0.3, -0.25) is 4.79 Å². The van der Waals surface area contributed by atoms with Gasteiger partial charge < -0.3 is 4.74 Å². The maximum absolute atomic E-state index is 12.5. The fraction of sp³-hybridized carbons (Fsp3) is 0.632. The van der Waals surface area contributed by atoms with Crippen LogP contribution in [0.5, 0.6) is 0 Å². The number of carbonyl (C=O) groups is 1. The van der Waals surface area contributed by atoms with Crippen molar-refractivity contribution in [3.05, 3.63) is 35.4 Å². The summed E-state index contributed by atoms with van der Waals surface area (Å²) in [5.74, 6) is -0.0736. The first kappa shape index (κ1) is 14.6. The topological polar surface area (TPSA) is 26.3 Å². The summed E-state index contributed by atoms with van der Waals surface area (Å²) >= 11 is 0. The summed E-state index contributed by atoms with van der Waals surface area (Å²) in [4.78, 5) is 12.5. The van der Waals surface area contributed by atoms with Crippen molar-refractivity contribution in [3.8, 4) is 0 Å². The number of fused-ring (bicyclic) bond motifs is 1. The number of carbonyl (C=O) groups excluding carboxylic acids is 1. The first-order chi connectivity index (χ1) is 9.92. The number of ether oxygens (including phenoxy) is 1. The van der Waals surface area contributed by atoms with Crippen LogP contribution in [0, 0.1) is 10.8 Å². The molecule has 1 unspecified atom stereocenters. The minimum atomic E-state index is -0.438. The van der Waals surface area contributed by atoms with Gasteiger partial charge in [0.05, 0.1) is 5.41 Å². The SMILES string of the molecule is CC(C)(C)C(=O)OC1c2ccccc2CCC12CCCC2. The molecule has 0 amide bonds. The normalized spacial score (nSPS) is 23.9. The lowest BCUT2D eigenvalue weighted by atomic mass is 9.68. The van der Waals surface area contributed by atoms with Gasteiger partial charge in [0.1, 0.15) is 6.10 Å². The van der Waals surface area contributed by atoms with Crippen LogP contribution < -0.4 is 0 Å². The van der Waals surface area contributed by atoms with Gasteiger partial charge >= 0.3 is 5.97 Å². The second-order valence-corrected chi connectivity index (χ2v) is 7.80. The number of aryl methyl sites for hydroxylation is 1. The van der Waals surface area contributed by atoms with Gasteiger partial charge in [0, 0.05) is 5.41 Å². The predicted molar refractivity (Wildman–Crippen MR) is 84.0 cm³/mol. The van der Waals surface area contributed by atoms with Gasteiger partial charge in [0.2, 0.25) is 0 Å². The lowest BCUT2D eigenvalue weighted by Crippen LogP contribution is -2.37.